The van der Waals surface area contributed by atoms with E-state index in [2.05, 4.69) is 9.88 Å². The third kappa shape index (κ3) is 4.46. The summed E-state index contributed by atoms with van der Waals surface area (Å²) in [6.45, 7) is 3.38. The van der Waals surface area contributed by atoms with E-state index in [1.54, 1.807) is 18.2 Å². The quantitative estimate of drug-likeness (QED) is 0.483. The summed E-state index contributed by atoms with van der Waals surface area (Å²) in [5.74, 6) is 0.301. The second kappa shape index (κ2) is 8.83. The third-order valence-corrected chi connectivity index (χ3v) is 6.04. The van der Waals surface area contributed by atoms with Crippen molar-refractivity contribution in [2.45, 2.75) is 38.1 Å². The molecule has 6 nitrogen and oxygen atoms in total. The molecule has 2 aromatic carbocycles. The number of halogens is 1. The van der Waals surface area contributed by atoms with Gasteiger partial charge in [0.15, 0.2) is 0 Å². The summed E-state index contributed by atoms with van der Waals surface area (Å²) in [4.78, 5) is 30.1. The number of anilines is 1. The first-order valence-corrected chi connectivity index (χ1v) is 10.5. The lowest BCUT2D eigenvalue weighted by molar-refractivity contribution is 0.207. The Morgan fingerprint density at radius 1 is 1.00 bits per heavy atom. The molecule has 3 aromatic rings. The van der Waals surface area contributed by atoms with Gasteiger partial charge in [-0.05, 0) is 87.1 Å². The molecule has 158 valence electrons. The lowest BCUT2D eigenvalue weighted by atomic mass is 9.89. The molecule has 1 aliphatic rings. The van der Waals surface area contributed by atoms with E-state index < -0.39 is 5.69 Å². The normalized spacial score (nSPS) is 15.6. The Labute approximate surface area is 174 Å². The fraction of sp³-hybridized carbons (Fsp3) is 0.391. The second-order valence-electron chi connectivity index (χ2n) is 8.07. The molecule has 1 aliphatic heterocycles. The van der Waals surface area contributed by atoms with Crippen LogP contribution in [0.3, 0.4) is 0 Å². The van der Waals surface area contributed by atoms with Crippen LogP contribution in [0, 0.1) is 5.82 Å². The molecular weight excluding hydrogens is 383 g/mol. The van der Waals surface area contributed by atoms with Gasteiger partial charge in [-0.15, -0.1) is 0 Å². The van der Waals surface area contributed by atoms with Gasteiger partial charge >= 0.3 is 5.69 Å². The number of piperidine rings is 1. The lowest BCUT2D eigenvalue weighted by Crippen LogP contribution is -2.36. The molecular formula is C23H27FN4O2. The predicted octanol–water partition coefficient (Wildman–Crippen LogP) is 3.07. The van der Waals surface area contributed by atoms with Crippen molar-refractivity contribution in [3.8, 4) is 0 Å². The van der Waals surface area contributed by atoms with Crippen molar-refractivity contribution < 1.29 is 4.39 Å². The van der Waals surface area contributed by atoms with Gasteiger partial charge in [0.2, 0.25) is 0 Å². The second-order valence-corrected chi connectivity index (χ2v) is 8.07. The monoisotopic (exact) mass is 410 g/mol. The van der Waals surface area contributed by atoms with Crippen LogP contribution in [0.15, 0.2) is 52.1 Å². The Kier molecular flexibility index (Phi) is 5.99. The fourth-order valence-corrected chi connectivity index (χ4v) is 4.31. The van der Waals surface area contributed by atoms with Crippen LogP contribution in [0.25, 0.3) is 10.9 Å². The minimum atomic E-state index is -0.391. The standard InChI is InChI=1S/C23H27FN4O2/c24-18-5-3-16(4-6-18)17-9-13-27(14-10-17)11-1-2-12-28-22(29)20-8-7-19(25)15-21(20)26-23(28)30/h3-8,15,17H,1-2,9-14,25H2,(H,26,30). The number of benzene rings is 2. The molecule has 0 atom stereocenters. The maximum Gasteiger partial charge on any atom is 0.328 e. The number of nitrogens with zero attached hydrogens (tertiary/aromatic N) is 2. The van der Waals surface area contributed by atoms with Crippen LogP contribution in [0.5, 0.6) is 0 Å². The molecule has 0 radical (unpaired) electrons. The molecule has 4 rings (SSSR count). The molecule has 1 aromatic heterocycles. The number of nitrogens with one attached hydrogen (secondary N) is 1. The van der Waals surface area contributed by atoms with E-state index in [-0.39, 0.29) is 11.4 Å². The minimum absolute atomic E-state index is 0.190. The van der Waals surface area contributed by atoms with Crippen molar-refractivity contribution in [1.29, 1.82) is 0 Å². The number of unbranched alkanes of at least 4 members (excludes halogenated alkanes) is 1. The smallest absolute Gasteiger partial charge is 0.328 e. The van der Waals surface area contributed by atoms with Crippen LogP contribution < -0.4 is 17.0 Å². The van der Waals surface area contributed by atoms with Crippen LogP contribution in [0.4, 0.5) is 10.1 Å². The van der Waals surface area contributed by atoms with E-state index in [4.69, 9.17) is 5.73 Å². The topological polar surface area (TPSA) is 84.1 Å². The average Bonchev–Trinajstić information content (AvgIpc) is 2.74. The highest BCUT2D eigenvalue weighted by molar-refractivity contribution is 5.80. The molecule has 1 fully saturated rings. The van der Waals surface area contributed by atoms with Gasteiger partial charge in [0.05, 0.1) is 10.9 Å². The summed E-state index contributed by atoms with van der Waals surface area (Å²) in [6, 6.07) is 11.8. The number of fused-ring (bicyclic) bond motifs is 1. The molecule has 7 heteroatoms. The summed E-state index contributed by atoms with van der Waals surface area (Å²) in [7, 11) is 0. The number of H-pyrrole nitrogens is 1. The van der Waals surface area contributed by atoms with E-state index >= 15 is 0 Å². The molecule has 0 unspecified atom stereocenters. The Morgan fingerprint density at radius 2 is 1.70 bits per heavy atom. The van der Waals surface area contributed by atoms with Crippen LogP contribution in [-0.4, -0.2) is 34.1 Å². The highest BCUT2D eigenvalue weighted by Gasteiger charge is 2.20. The van der Waals surface area contributed by atoms with Crippen molar-refractivity contribution in [2.24, 2.45) is 0 Å². The van der Waals surface area contributed by atoms with Crippen molar-refractivity contribution in [3.63, 3.8) is 0 Å². The number of likely N-dealkylation sites (tertiary alicyclic amines) is 1. The first kappa shape index (κ1) is 20.3. The first-order chi connectivity index (χ1) is 14.5. The summed E-state index contributed by atoms with van der Waals surface area (Å²) in [5, 5.41) is 0.478. The Bertz CT molecular complexity index is 1130. The molecule has 0 bridgehead atoms. The van der Waals surface area contributed by atoms with Crippen LogP contribution in [0.1, 0.15) is 37.2 Å². The zero-order chi connectivity index (χ0) is 21.1. The Hall–Kier alpha value is -2.93. The minimum Gasteiger partial charge on any atom is -0.399 e. The van der Waals surface area contributed by atoms with E-state index in [0.717, 1.165) is 45.3 Å². The molecule has 2 heterocycles. The molecule has 0 aliphatic carbocycles. The molecule has 0 saturated carbocycles. The van der Waals surface area contributed by atoms with Gasteiger partial charge in [0, 0.05) is 12.2 Å². The van der Waals surface area contributed by atoms with Gasteiger partial charge in [-0.3, -0.25) is 9.36 Å². The zero-order valence-electron chi connectivity index (χ0n) is 16.9. The number of aromatic amines is 1. The molecule has 0 amide bonds. The highest BCUT2D eigenvalue weighted by Crippen LogP contribution is 2.28. The molecule has 30 heavy (non-hydrogen) atoms. The van der Waals surface area contributed by atoms with E-state index in [1.165, 1.54) is 22.3 Å². The van der Waals surface area contributed by atoms with Crippen LogP contribution in [0.2, 0.25) is 0 Å². The zero-order valence-corrected chi connectivity index (χ0v) is 16.9. The van der Waals surface area contributed by atoms with Gasteiger partial charge in [0.25, 0.3) is 5.56 Å². The number of hydrogen-bond acceptors (Lipinski definition) is 4. The van der Waals surface area contributed by atoms with Crippen molar-refractivity contribution in [3.05, 3.63) is 74.7 Å². The molecule has 3 N–H and O–H groups in total. The average molecular weight is 410 g/mol. The number of rotatable bonds is 6. The van der Waals surface area contributed by atoms with Gasteiger partial charge in [0.1, 0.15) is 5.82 Å². The van der Waals surface area contributed by atoms with Crippen molar-refractivity contribution in [2.75, 3.05) is 25.4 Å². The van der Waals surface area contributed by atoms with Crippen molar-refractivity contribution in [1.82, 2.24) is 14.5 Å². The summed E-state index contributed by atoms with van der Waals surface area (Å²) in [5.41, 5.74) is 7.27. The fourth-order valence-electron chi connectivity index (χ4n) is 4.31. The summed E-state index contributed by atoms with van der Waals surface area (Å²) >= 11 is 0. The van der Waals surface area contributed by atoms with Crippen LogP contribution >= 0.6 is 0 Å². The number of hydrogen-bond donors (Lipinski definition) is 2. The van der Waals surface area contributed by atoms with Gasteiger partial charge in [-0.1, -0.05) is 12.1 Å². The maximum absolute atomic E-state index is 13.1. The van der Waals surface area contributed by atoms with Gasteiger partial charge in [-0.25, -0.2) is 9.18 Å². The maximum atomic E-state index is 13.1. The van der Waals surface area contributed by atoms with E-state index in [1.807, 2.05) is 12.1 Å². The first-order valence-electron chi connectivity index (χ1n) is 10.5. The number of nitrogen functional groups attached to an aromatic ring is 1. The number of aromatic nitrogens is 2. The third-order valence-electron chi connectivity index (χ3n) is 6.04. The van der Waals surface area contributed by atoms with Crippen LogP contribution in [-0.2, 0) is 6.54 Å². The van der Waals surface area contributed by atoms with Gasteiger partial charge in [-0.2, -0.15) is 0 Å². The van der Waals surface area contributed by atoms with E-state index in [0.29, 0.717) is 29.1 Å². The summed E-state index contributed by atoms with van der Waals surface area (Å²) < 4.78 is 14.4. The Morgan fingerprint density at radius 3 is 2.43 bits per heavy atom. The SMILES string of the molecule is Nc1ccc2c(=O)n(CCCCN3CCC(c4ccc(F)cc4)CC3)c(=O)[nH]c2c1. The molecule has 0 spiro atoms. The number of nitrogens with two attached hydrogens (primary N) is 1. The molecule has 1 saturated heterocycles. The highest BCUT2D eigenvalue weighted by atomic mass is 19.1. The summed E-state index contributed by atoms with van der Waals surface area (Å²) in [6.07, 6.45) is 3.82. The predicted molar refractivity (Wildman–Crippen MR) is 117 cm³/mol. The van der Waals surface area contributed by atoms with Gasteiger partial charge < -0.3 is 15.6 Å². The van der Waals surface area contributed by atoms with E-state index in [9.17, 15) is 14.0 Å². The Balaban J connectivity index is 1.28. The lowest BCUT2D eigenvalue weighted by Gasteiger charge is -2.32. The largest absolute Gasteiger partial charge is 0.399 e. The van der Waals surface area contributed by atoms with Crippen molar-refractivity contribution >= 4 is 16.6 Å².